The number of rotatable bonds is 3. The standard InChI is InChI=1S/C10H22N2O/c1-9-8-10(11-2,5-7-13)4-6-12(9)3/h9,11,13H,4-8H2,1-3H3. The average Bonchev–Trinajstić information content (AvgIpc) is 2.12. The van der Waals surface area contributed by atoms with Crippen LogP contribution in [0.15, 0.2) is 0 Å². The summed E-state index contributed by atoms with van der Waals surface area (Å²) in [7, 11) is 4.18. The zero-order valence-electron chi connectivity index (χ0n) is 9.01. The molecule has 0 saturated carbocycles. The van der Waals surface area contributed by atoms with Crippen LogP contribution in [-0.2, 0) is 0 Å². The lowest BCUT2D eigenvalue weighted by atomic mass is 9.81. The van der Waals surface area contributed by atoms with Crippen LogP contribution in [0.1, 0.15) is 26.2 Å². The average molecular weight is 186 g/mol. The molecule has 1 aliphatic rings. The van der Waals surface area contributed by atoms with Crippen molar-refractivity contribution in [2.24, 2.45) is 0 Å². The second kappa shape index (κ2) is 4.40. The minimum absolute atomic E-state index is 0.181. The fourth-order valence-corrected chi connectivity index (χ4v) is 2.23. The molecule has 2 N–H and O–H groups in total. The van der Waals surface area contributed by atoms with Crippen LogP contribution < -0.4 is 5.32 Å². The van der Waals surface area contributed by atoms with E-state index >= 15 is 0 Å². The monoisotopic (exact) mass is 186 g/mol. The summed E-state index contributed by atoms with van der Waals surface area (Å²) in [5.41, 5.74) is 0.181. The molecule has 0 aromatic carbocycles. The summed E-state index contributed by atoms with van der Waals surface area (Å²) in [6.45, 7) is 3.67. The summed E-state index contributed by atoms with van der Waals surface area (Å²) in [6.07, 6.45) is 3.16. The van der Waals surface area contributed by atoms with Crippen LogP contribution in [0.5, 0.6) is 0 Å². The third-order valence-electron chi connectivity index (χ3n) is 3.50. The van der Waals surface area contributed by atoms with Crippen LogP contribution in [0.25, 0.3) is 0 Å². The molecule has 1 fully saturated rings. The van der Waals surface area contributed by atoms with Crippen LogP contribution in [-0.4, -0.2) is 48.8 Å². The summed E-state index contributed by atoms with van der Waals surface area (Å²) >= 11 is 0. The zero-order chi connectivity index (χ0) is 9.90. The maximum absolute atomic E-state index is 9.01. The van der Waals surface area contributed by atoms with Crippen molar-refractivity contribution >= 4 is 0 Å². The van der Waals surface area contributed by atoms with E-state index in [2.05, 4.69) is 24.2 Å². The van der Waals surface area contributed by atoms with Crippen molar-refractivity contribution in [3.8, 4) is 0 Å². The molecule has 3 nitrogen and oxygen atoms in total. The molecular weight excluding hydrogens is 164 g/mol. The lowest BCUT2D eigenvalue weighted by Gasteiger charge is -2.44. The van der Waals surface area contributed by atoms with Gasteiger partial charge in [0.25, 0.3) is 0 Å². The number of aliphatic hydroxyl groups excluding tert-OH is 1. The molecule has 78 valence electrons. The highest BCUT2D eigenvalue weighted by Crippen LogP contribution is 2.28. The Kier molecular flexibility index (Phi) is 3.71. The summed E-state index contributed by atoms with van der Waals surface area (Å²) in [4.78, 5) is 2.38. The molecule has 1 aliphatic heterocycles. The van der Waals surface area contributed by atoms with Crippen LogP contribution in [0.4, 0.5) is 0 Å². The zero-order valence-corrected chi connectivity index (χ0v) is 9.01. The predicted molar refractivity (Wildman–Crippen MR) is 54.8 cm³/mol. The largest absolute Gasteiger partial charge is 0.396 e. The normalized spacial score (nSPS) is 36.5. The molecule has 0 amide bonds. The number of hydrogen-bond donors (Lipinski definition) is 2. The minimum Gasteiger partial charge on any atom is -0.396 e. The van der Waals surface area contributed by atoms with Gasteiger partial charge in [0, 0.05) is 18.2 Å². The van der Waals surface area contributed by atoms with E-state index in [1.807, 2.05) is 7.05 Å². The molecule has 2 unspecified atom stereocenters. The molecule has 1 saturated heterocycles. The maximum Gasteiger partial charge on any atom is 0.0448 e. The second-order valence-corrected chi connectivity index (χ2v) is 4.29. The molecular formula is C10H22N2O. The van der Waals surface area contributed by atoms with Crippen molar-refractivity contribution < 1.29 is 5.11 Å². The Morgan fingerprint density at radius 3 is 2.77 bits per heavy atom. The second-order valence-electron chi connectivity index (χ2n) is 4.29. The summed E-state index contributed by atoms with van der Waals surface area (Å²) < 4.78 is 0. The smallest absolute Gasteiger partial charge is 0.0448 e. The first-order valence-corrected chi connectivity index (χ1v) is 5.13. The van der Waals surface area contributed by atoms with Crippen molar-refractivity contribution in [3.05, 3.63) is 0 Å². The van der Waals surface area contributed by atoms with E-state index in [9.17, 15) is 0 Å². The molecule has 0 aliphatic carbocycles. The van der Waals surface area contributed by atoms with Gasteiger partial charge in [-0.15, -0.1) is 0 Å². The van der Waals surface area contributed by atoms with Gasteiger partial charge in [-0.1, -0.05) is 0 Å². The third-order valence-corrected chi connectivity index (χ3v) is 3.50. The molecule has 0 spiro atoms. The van der Waals surface area contributed by atoms with Crippen LogP contribution in [0.2, 0.25) is 0 Å². The van der Waals surface area contributed by atoms with Crippen molar-refractivity contribution in [2.45, 2.75) is 37.8 Å². The van der Waals surface area contributed by atoms with Gasteiger partial charge in [-0.25, -0.2) is 0 Å². The van der Waals surface area contributed by atoms with Crippen LogP contribution >= 0.6 is 0 Å². The van der Waals surface area contributed by atoms with Gasteiger partial charge in [-0.3, -0.25) is 0 Å². The number of piperidine rings is 1. The Morgan fingerprint density at radius 2 is 2.31 bits per heavy atom. The van der Waals surface area contributed by atoms with Gasteiger partial charge in [0.1, 0.15) is 0 Å². The van der Waals surface area contributed by atoms with Crippen LogP contribution in [0, 0.1) is 0 Å². The van der Waals surface area contributed by atoms with Gasteiger partial charge < -0.3 is 15.3 Å². The Labute approximate surface area is 81.1 Å². The molecule has 2 atom stereocenters. The summed E-state index contributed by atoms with van der Waals surface area (Å²) in [5, 5.41) is 12.4. The van der Waals surface area contributed by atoms with E-state index in [0.29, 0.717) is 6.04 Å². The van der Waals surface area contributed by atoms with Gasteiger partial charge in [0.15, 0.2) is 0 Å². The first kappa shape index (κ1) is 11.0. The van der Waals surface area contributed by atoms with E-state index in [1.165, 1.54) is 0 Å². The molecule has 0 radical (unpaired) electrons. The maximum atomic E-state index is 9.01. The van der Waals surface area contributed by atoms with Gasteiger partial charge in [-0.05, 0) is 46.8 Å². The highest BCUT2D eigenvalue weighted by atomic mass is 16.3. The molecule has 1 rings (SSSR count). The lowest BCUT2D eigenvalue weighted by molar-refractivity contribution is 0.0906. The molecule has 0 bridgehead atoms. The van der Waals surface area contributed by atoms with E-state index in [-0.39, 0.29) is 12.1 Å². The van der Waals surface area contributed by atoms with Gasteiger partial charge >= 0.3 is 0 Å². The number of nitrogens with zero attached hydrogens (tertiary/aromatic N) is 1. The topological polar surface area (TPSA) is 35.5 Å². The van der Waals surface area contributed by atoms with E-state index in [1.54, 1.807) is 0 Å². The first-order valence-electron chi connectivity index (χ1n) is 5.13. The van der Waals surface area contributed by atoms with Crippen molar-refractivity contribution in [1.82, 2.24) is 10.2 Å². The minimum atomic E-state index is 0.181. The predicted octanol–water partition coefficient (Wildman–Crippen LogP) is 0.441. The highest BCUT2D eigenvalue weighted by Gasteiger charge is 2.34. The Morgan fingerprint density at radius 1 is 1.62 bits per heavy atom. The van der Waals surface area contributed by atoms with Gasteiger partial charge in [-0.2, -0.15) is 0 Å². The van der Waals surface area contributed by atoms with Crippen molar-refractivity contribution in [2.75, 3.05) is 27.2 Å². The fraction of sp³-hybridized carbons (Fsp3) is 1.00. The quantitative estimate of drug-likeness (QED) is 0.671. The van der Waals surface area contributed by atoms with Crippen molar-refractivity contribution in [1.29, 1.82) is 0 Å². The number of nitrogens with one attached hydrogen (secondary N) is 1. The Hall–Kier alpha value is -0.120. The van der Waals surface area contributed by atoms with E-state index in [4.69, 9.17) is 5.11 Å². The lowest BCUT2D eigenvalue weighted by Crippen LogP contribution is -2.54. The Balaban J connectivity index is 2.57. The first-order chi connectivity index (χ1) is 6.13. The van der Waals surface area contributed by atoms with Gasteiger partial charge in [0.05, 0.1) is 0 Å². The van der Waals surface area contributed by atoms with E-state index < -0.39 is 0 Å². The van der Waals surface area contributed by atoms with Gasteiger partial charge in [0.2, 0.25) is 0 Å². The Bertz CT molecular complexity index is 163. The number of hydrogen-bond acceptors (Lipinski definition) is 3. The molecule has 0 aromatic heterocycles. The van der Waals surface area contributed by atoms with Crippen LogP contribution in [0.3, 0.4) is 0 Å². The number of likely N-dealkylation sites (tertiary alicyclic amines) is 1. The molecule has 13 heavy (non-hydrogen) atoms. The summed E-state index contributed by atoms with van der Waals surface area (Å²) in [5.74, 6) is 0. The SMILES string of the molecule is CNC1(CCO)CCN(C)C(C)C1. The van der Waals surface area contributed by atoms with Crippen molar-refractivity contribution in [3.63, 3.8) is 0 Å². The molecule has 3 heteroatoms. The fourth-order valence-electron chi connectivity index (χ4n) is 2.23. The molecule has 1 heterocycles. The third kappa shape index (κ3) is 2.42. The number of aliphatic hydroxyl groups is 1. The summed E-state index contributed by atoms with van der Waals surface area (Å²) in [6, 6.07) is 0.618. The highest BCUT2D eigenvalue weighted by molar-refractivity contribution is 4.94. The molecule has 0 aromatic rings. The van der Waals surface area contributed by atoms with E-state index in [0.717, 1.165) is 25.8 Å².